The summed E-state index contributed by atoms with van der Waals surface area (Å²) in [6, 6.07) is 7.42. The van der Waals surface area contributed by atoms with Crippen molar-refractivity contribution < 1.29 is 19.1 Å². The molecule has 0 atom stereocenters. The Hall–Kier alpha value is -2.62. The number of carbonyl (C=O) groups excluding carboxylic acids is 2. The quantitative estimate of drug-likeness (QED) is 0.250. The van der Waals surface area contributed by atoms with Gasteiger partial charge in [-0.05, 0) is 44.5 Å². The van der Waals surface area contributed by atoms with Crippen LogP contribution in [-0.4, -0.2) is 57.2 Å². The van der Waals surface area contributed by atoms with E-state index in [-0.39, 0.29) is 18.1 Å². The highest BCUT2D eigenvalue weighted by Gasteiger charge is 2.18. The van der Waals surface area contributed by atoms with Crippen molar-refractivity contribution in [2.24, 2.45) is 0 Å². The molecule has 3 rings (SSSR count). The van der Waals surface area contributed by atoms with Crippen LogP contribution in [0.4, 0.5) is 0 Å². The minimum atomic E-state index is -0.506. The van der Waals surface area contributed by atoms with Gasteiger partial charge in [-0.1, -0.05) is 29.4 Å². The SMILES string of the molecule is COCCn1c(C)cc(C(=O)COC(=O)CSc2nncn2-c2ccc(C)c(Cl)c2)c1C. The first-order chi connectivity index (χ1) is 15.3. The molecule has 0 aliphatic heterocycles. The number of benzene rings is 1. The molecule has 0 radical (unpaired) electrons. The summed E-state index contributed by atoms with van der Waals surface area (Å²) in [5.74, 6) is -0.746. The zero-order valence-corrected chi connectivity index (χ0v) is 20.0. The van der Waals surface area contributed by atoms with Crippen LogP contribution in [0.15, 0.2) is 35.7 Å². The van der Waals surface area contributed by atoms with E-state index in [0.717, 1.165) is 22.6 Å². The lowest BCUT2D eigenvalue weighted by Gasteiger charge is -2.09. The van der Waals surface area contributed by atoms with E-state index >= 15 is 0 Å². The number of nitrogens with zero attached hydrogens (tertiary/aromatic N) is 4. The molecule has 0 bridgehead atoms. The number of aryl methyl sites for hydroxylation is 2. The molecule has 0 saturated carbocycles. The summed E-state index contributed by atoms with van der Waals surface area (Å²) in [5, 5.41) is 9.12. The molecule has 0 amide bonds. The summed E-state index contributed by atoms with van der Waals surface area (Å²) in [6.45, 7) is 6.62. The van der Waals surface area contributed by atoms with E-state index in [9.17, 15) is 9.59 Å². The molecule has 3 aromatic rings. The van der Waals surface area contributed by atoms with E-state index in [1.165, 1.54) is 11.8 Å². The summed E-state index contributed by atoms with van der Waals surface area (Å²) >= 11 is 7.38. The second-order valence-corrected chi connectivity index (χ2v) is 8.57. The zero-order chi connectivity index (χ0) is 23.3. The van der Waals surface area contributed by atoms with Crippen molar-refractivity contribution in [3.05, 3.63) is 58.1 Å². The van der Waals surface area contributed by atoms with Gasteiger partial charge < -0.3 is 14.0 Å². The van der Waals surface area contributed by atoms with Crippen molar-refractivity contribution in [3.8, 4) is 5.69 Å². The highest BCUT2D eigenvalue weighted by atomic mass is 35.5. The monoisotopic (exact) mass is 476 g/mol. The standard InChI is InChI=1S/C22H25ClN4O4S/c1-14-5-6-17(10-19(14)23)27-13-24-25-22(27)32-12-21(29)31-11-20(28)18-9-15(2)26(16(18)3)7-8-30-4/h5-6,9-10,13H,7-8,11-12H2,1-4H3. The number of ether oxygens (including phenoxy) is 2. The van der Waals surface area contributed by atoms with Crippen molar-refractivity contribution in [2.75, 3.05) is 26.1 Å². The number of thioether (sulfide) groups is 1. The van der Waals surface area contributed by atoms with Crippen LogP contribution in [0, 0.1) is 20.8 Å². The minimum Gasteiger partial charge on any atom is -0.457 e. The van der Waals surface area contributed by atoms with Crippen molar-refractivity contribution >= 4 is 35.1 Å². The molecule has 0 fully saturated rings. The Morgan fingerprint density at radius 2 is 1.97 bits per heavy atom. The van der Waals surface area contributed by atoms with E-state index in [0.29, 0.717) is 28.9 Å². The topological polar surface area (TPSA) is 88.2 Å². The average molecular weight is 477 g/mol. The van der Waals surface area contributed by atoms with Crippen LogP contribution in [-0.2, 0) is 20.8 Å². The van der Waals surface area contributed by atoms with Gasteiger partial charge in [0.1, 0.15) is 6.33 Å². The summed E-state index contributed by atoms with van der Waals surface area (Å²) in [7, 11) is 1.64. The van der Waals surface area contributed by atoms with Gasteiger partial charge in [0.05, 0.1) is 18.0 Å². The van der Waals surface area contributed by atoms with Gasteiger partial charge in [0.2, 0.25) is 5.78 Å². The van der Waals surface area contributed by atoms with Gasteiger partial charge in [-0.2, -0.15) is 0 Å². The Morgan fingerprint density at radius 3 is 2.69 bits per heavy atom. The molecule has 0 aliphatic rings. The van der Waals surface area contributed by atoms with E-state index in [1.54, 1.807) is 18.0 Å². The molecule has 10 heteroatoms. The Labute approximate surface area is 195 Å². The lowest BCUT2D eigenvalue weighted by Crippen LogP contribution is -2.16. The fourth-order valence-electron chi connectivity index (χ4n) is 3.23. The molecule has 32 heavy (non-hydrogen) atoms. The molecule has 0 N–H and O–H groups in total. The Kier molecular flexibility index (Phi) is 8.11. The third-order valence-corrected chi connectivity index (χ3v) is 6.35. The predicted octanol–water partition coefficient (Wildman–Crippen LogP) is 3.81. The molecule has 0 saturated heterocycles. The Morgan fingerprint density at radius 1 is 1.19 bits per heavy atom. The van der Waals surface area contributed by atoms with Gasteiger partial charge in [0.25, 0.3) is 0 Å². The number of esters is 1. The summed E-state index contributed by atoms with van der Waals surface area (Å²) in [4.78, 5) is 24.8. The van der Waals surface area contributed by atoms with Gasteiger partial charge in [-0.3, -0.25) is 14.2 Å². The molecule has 8 nitrogen and oxygen atoms in total. The van der Waals surface area contributed by atoms with E-state index in [1.807, 2.05) is 49.6 Å². The summed E-state index contributed by atoms with van der Waals surface area (Å²) < 4.78 is 14.1. The normalized spacial score (nSPS) is 11.0. The third kappa shape index (κ3) is 5.59. The molecule has 2 heterocycles. The number of Topliss-reactive ketones (excluding diaryl/α,β-unsaturated/α-hetero) is 1. The number of rotatable bonds is 10. The molecule has 0 spiro atoms. The Balaban J connectivity index is 1.56. The van der Waals surface area contributed by atoms with Gasteiger partial charge in [0.15, 0.2) is 11.8 Å². The second kappa shape index (κ2) is 10.8. The van der Waals surface area contributed by atoms with Crippen molar-refractivity contribution in [1.82, 2.24) is 19.3 Å². The van der Waals surface area contributed by atoms with E-state index < -0.39 is 5.97 Å². The zero-order valence-electron chi connectivity index (χ0n) is 18.4. The number of halogens is 1. The maximum atomic E-state index is 12.6. The van der Waals surface area contributed by atoms with Crippen LogP contribution in [0.25, 0.3) is 5.69 Å². The Bertz CT molecular complexity index is 1130. The minimum absolute atomic E-state index is 0.00156. The van der Waals surface area contributed by atoms with Crippen molar-refractivity contribution in [2.45, 2.75) is 32.5 Å². The van der Waals surface area contributed by atoms with Gasteiger partial charge in [-0.15, -0.1) is 10.2 Å². The number of carbonyl (C=O) groups is 2. The van der Waals surface area contributed by atoms with Crippen LogP contribution < -0.4 is 0 Å². The third-order valence-electron chi connectivity index (χ3n) is 5.03. The lowest BCUT2D eigenvalue weighted by atomic mass is 10.1. The van der Waals surface area contributed by atoms with Crippen molar-refractivity contribution in [1.29, 1.82) is 0 Å². The first-order valence-corrected chi connectivity index (χ1v) is 11.3. The molecule has 1 aromatic carbocycles. The molecule has 170 valence electrons. The number of aromatic nitrogens is 4. The number of ketones is 1. The van der Waals surface area contributed by atoms with Crippen LogP contribution in [0.1, 0.15) is 27.3 Å². The van der Waals surface area contributed by atoms with E-state index in [4.69, 9.17) is 21.1 Å². The molecule has 0 unspecified atom stereocenters. The fraction of sp³-hybridized carbons (Fsp3) is 0.364. The summed E-state index contributed by atoms with van der Waals surface area (Å²) in [6.07, 6.45) is 1.55. The van der Waals surface area contributed by atoms with E-state index in [2.05, 4.69) is 10.2 Å². The molecular formula is C22H25ClN4O4S. The average Bonchev–Trinajstić information content (AvgIpc) is 3.35. The number of methoxy groups -OCH3 is 1. The van der Waals surface area contributed by atoms with Gasteiger partial charge >= 0.3 is 5.97 Å². The summed E-state index contributed by atoms with van der Waals surface area (Å²) in [5.41, 5.74) is 4.10. The highest BCUT2D eigenvalue weighted by Crippen LogP contribution is 2.24. The smallest absolute Gasteiger partial charge is 0.316 e. The van der Waals surface area contributed by atoms with Crippen molar-refractivity contribution in [3.63, 3.8) is 0 Å². The number of hydrogen-bond acceptors (Lipinski definition) is 7. The molecule has 2 aromatic heterocycles. The second-order valence-electron chi connectivity index (χ2n) is 7.22. The van der Waals surface area contributed by atoms with Crippen LogP contribution in [0.3, 0.4) is 0 Å². The van der Waals surface area contributed by atoms with Crippen LogP contribution >= 0.6 is 23.4 Å². The largest absolute Gasteiger partial charge is 0.457 e. The maximum absolute atomic E-state index is 12.6. The first kappa shape index (κ1) is 24.0. The molecular weight excluding hydrogens is 452 g/mol. The maximum Gasteiger partial charge on any atom is 0.316 e. The highest BCUT2D eigenvalue weighted by molar-refractivity contribution is 7.99. The lowest BCUT2D eigenvalue weighted by molar-refractivity contribution is -0.139. The van der Waals surface area contributed by atoms with Gasteiger partial charge in [0, 0.05) is 35.6 Å². The molecule has 0 aliphatic carbocycles. The van der Waals surface area contributed by atoms with Gasteiger partial charge in [-0.25, -0.2) is 0 Å². The number of hydrogen-bond donors (Lipinski definition) is 0. The first-order valence-electron chi connectivity index (χ1n) is 9.95. The van der Waals surface area contributed by atoms with Crippen LogP contribution in [0.5, 0.6) is 0 Å². The predicted molar refractivity (Wildman–Crippen MR) is 123 cm³/mol. The van der Waals surface area contributed by atoms with Crippen LogP contribution in [0.2, 0.25) is 5.02 Å². The fourth-order valence-corrected chi connectivity index (χ4v) is 4.13.